The van der Waals surface area contributed by atoms with Crippen molar-refractivity contribution in [2.75, 3.05) is 42.9 Å². The van der Waals surface area contributed by atoms with Crippen molar-refractivity contribution < 1.29 is 4.79 Å². The van der Waals surface area contributed by atoms with Gasteiger partial charge in [-0.25, -0.2) is 9.97 Å². The maximum Gasteiger partial charge on any atom is 0.238 e. The fourth-order valence-corrected chi connectivity index (χ4v) is 3.52. The summed E-state index contributed by atoms with van der Waals surface area (Å²) in [7, 11) is 0. The van der Waals surface area contributed by atoms with Crippen LogP contribution in [-0.2, 0) is 4.79 Å². The lowest BCUT2D eigenvalue weighted by Gasteiger charge is -2.34. The van der Waals surface area contributed by atoms with Crippen molar-refractivity contribution in [3.63, 3.8) is 0 Å². The minimum absolute atomic E-state index is 0.171. The van der Waals surface area contributed by atoms with E-state index in [0.717, 1.165) is 26.2 Å². The minimum atomic E-state index is -0.171. The predicted octanol–water partition coefficient (Wildman–Crippen LogP) is 3.20. The van der Waals surface area contributed by atoms with Crippen LogP contribution in [0.5, 0.6) is 0 Å². The molecule has 0 radical (unpaired) electrons. The molecular formula is C16H16Cl3N5O. The van der Waals surface area contributed by atoms with Crippen molar-refractivity contribution in [1.29, 1.82) is 0 Å². The van der Waals surface area contributed by atoms with Gasteiger partial charge in [0.2, 0.25) is 11.9 Å². The normalized spacial score (nSPS) is 15.2. The maximum absolute atomic E-state index is 12.3. The third-order valence-electron chi connectivity index (χ3n) is 3.85. The Morgan fingerprint density at radius 2 is 1.64 bits per heavy atom. The first-order valence-electron chi connectivity index (χ1n) is 7.71. The van der Waals surface area contributed by atoms with Gasteiger partial charge in [-0.1, -0.05) is 34.8 Å². The van der Waals surface area contributed by atoms with Gasteiger partial charge in [0, 0.05) is 43.6 Å². The molecule has 1 saturated heterocycles. The van der Waals surface area contributed by atoms with E-state index in [2.05, 4.69) is 25.1 Å². The van der Waals surface area contributed by atoms with Crippen LogP contribution < -0.4 is 10.2 Å². The van der Waals surface area contributed by atoms with Gasteiger partial charge in [0.1, 0.15) is 0 Å². The van der Waals surface area contributed by atoms with Crippen molar-refractivity contribution in [3.05, 3.63) is 45.7 Å². The Morgan fingerprint density at radius 1 is 1.04 bits per heavy atom. The highest BCUT2D eigenvalue weighted by molar-refractivity contribution is 6.42. The lowest BCUT2D eigenvalue weighted by atomic mass is 10.3. The maximum atomic E-state index is 12.3. The molecule has 25 heavy (non-hydrogen) atoms. The van der Waals surface area contributed by atoms with E-state index in [1.54, 1.807) is 30.6 Å². The number of benzene rings is 1. The number of aromatic nitrogens is 2. The first-order valence-corrected chi connectivity index (χ1v) is 8.85. The Bertz CT molecular complexity index is 728. The van der Waals surface area contributed by atoms with Crippen LogP contribution >= 0.6 is 34.8 Å². The van der Waals surface area contributed by atoms with Crippen LogP contribution in [0.4, 0.5) is 11.6 Å². The van der Waals surface area contributed by atoms with E-state index in [1.165, 1.54) is 0 Å². The monoisotopic (exact) mass is 399 g/mol. The van der Waals surface area contributed by atoms with Crippen molar-refractivity contribution in [1.82, 2.24) is 14.9 Å². The van der Waals surface area contributed by atoms with Crippen molar-refractivity contribution in [3.8, 4) is 0 Å². The lowest BCUT2D eigenvalue weighted by Crippen LogP contribution is -2.49. The van der Waals surface area contributed by atoms with Crippen LogP contribution in [0.1, 0.15) is 0 Å². The topological polar surface area (TPSA) is 61.4 Å². The van der Waals surface area contributed by atoms with Crippen molar-refractivity contribution in [2.24, 2.45) is 0 Å². The van der Waals surface area contributed by atoms with Gasteiger partial charge in [-0.2, -0.15) is 0 Å². The number of hydrogen-bond donors (Lipinski definition) is 1. The summed E-state index contributed by atoms with van der Waals surface area (Å²) in [5.41, 5.74) is 0.383. The summed E-state index contributed by atoms with van der Waals surface area (Å²) < 4.78 is 0. The van der Waals surface area contributed by atoms with Gasteiger partial charge in [-0.05, 0) is 18.2 Å². The summed E-state index contributed by atoms with van der Waals surface area (Å²) in [6.45, 7) is 3.28. The van der Waals surface area contributed by atoms with E-state index in [-0.39, 0.29) is 12.5 Å². The molecule has 1 aromatic carbocycles. The molecule has 1 amide bonds. The third-order valence-corrected chi connectivity index (χ3v) is 4.66. The number of carbonyl (C=O) groups excluding carboxylic acids is 1. The zero-order valence-electron chi connectivity index (χ0n) is 13.3. The van der Waals surface area contributed by atoms with Crippen molar-refractivity contribution >= 4 is 52.3 Å². The van der Waals surface area contributed by atoms with Crippen molar-refractivity contribution in [2.45, 2.75) is 0 Å². The number of anilines is 2. The van der Waals surface area contributed by atoms with E-state index < -0.39 is 0 Å². The van der Waals surface area contributed by atoms with Crippen LogP contribution in [-0.4, -0.2) is 53.5 Å². The zero-order chi connectivity index (χ0) is 17.8. The highest BCUT2D eigenvalue weighted by atomic mass is 35.5. The quantitative estimate of drug-likeness (QED) is 0.854. The van der Waals surface area contributed by atoms with Gasteiger partial charge >= 0.3 is 0 Å². The number of amides is 1. The Kier molecular flexibility index (Phi) is 5.96. The molecule has 6 nitrogen and oxygen atoms in total. The first-order chi connectivity index (χ1) is 12.0. The molecule has 1 N–H and O–H groups in total. The molecule has 0 aliphatic carbocycles. The van der Waals surface area contributed by atoms with Gasteiger partial charge < -0.3 is 10.2 Å². The summed E-state index contributed by atoms with van der Waals surface area (Å²) >= 11 is 18.1. The molecule has 1 aromatic heterocycles. The largest absolute Gasteiger partial charge is 0.338 e. The second-order valence-electron chi connectivity index (χ2n) is 5.60. The van der Waals surface area contributed by atoms with Crippen LogP contribution in [0.15, 0.2) is 30.6 Å². The highest BCUT2D eigenvalue weighted by Gasteiger charge is 2.21. The van der Waals surface area contributed by atoms with E-state index >= 15 is 0 Å². The first kappa shape index (κ1) is 18.2. The number of rotatable bonds is 4. The van der Waals surface area contributed by atoms with Crippen LogP contribution in [0, 0.1) is 0 Å². The van der Waals surface area contributed by atoms with Crippen LogP contribution in [0.3, 0.4) is 0 Å². The van der Waals surface area contributed by atoms with Crippen LogP contribution in [0.2, 0.25) is 15.1 Å². The molecule has 1 aliphatic rings. The summed E-state index contributed by atoms with van der Waals surface area (Å²) in [5.74, 6) is 0.543. The Morgan fingerprint density at radius 3 is 2.24 bits per heavy atom. The minimum Gasteiger partial charge on any atom is -0.338 e. The Hall–Kier alpha value is -1.60. The molecule has 0 bridgehead atoms. The fraction of sp³-hybridized carbons (Fsp3) is 0.312. The van der Waals surface area contributed by atoms with Gasteiger partial charge in [-0.15, -0.1) is 0 Å². The van der Waals surface area contributed by atoms with E-state index in [9.17, 15) is 4.79 Å². The molecule has 132 valence electrons. The Balaban J connectivity index is 1.53. The molecule has 2 heterocycles. The highest BCUT2D eigenvalue weighted by Crippen LogP contribution is 2.33. The number of carbonyl (C=O) groups is 1. The molecule has 2 aromatic rings. The average Bonchev–Trinajstić information content (AvgIpc) is 2.59. The third kappa shape index (κ3) is 4.73. The number of piperazine rings is 1. The molecule has 9 heteroatoms. The van der Waals surface area contributed by atoms with E-state index in [0.29, 0.717) is 26.7 Å². The molecule has 0 atom stereocenters. The summed E-state index contributed by atoms with van der Waals surface area (Å²) in [6.07, 6.45) is 3.45. The van der Waals surface area contributed by atoms with E-state index in [4.69, 9.17) is 34.8 Å². The Labute approximate surface area is 160 Å². The number of halogens is 3. The van der Waals surface area contributed by atoms with E-state index in [1.807, 2.05) is 0 Å². The van der Waals surface area contributed by atoms with Gasteiger partial charge in [-0.3, -0.25) is 9.69 Å². The fourth-order valence-electron chi connectivity index (χ4n) is 2.60. The standard InChI is InChI=1S/C16H16Cl3N5O/c17-11-8-12(18)15(13(19)9-11)22-14(25)10-23-4-6-24(7-5-23)16-20-2-1-3-21-16/h1-3,8-9H,4-7,10H2,(H,22,25). The second kappa shape index (κ2) is 8.19. The number of nitrogens with one attached hydrogen (secondary N) is 1. The molecule has 1 aliphatic heterocycles. The van der Waals surface area contributed by atoms with Gasteiger partial charge in [0.25, 0.3) is 0 Å². The molecule has 0 saturated carbocycles. The average molecular weight is 401 g/mol. The van der Waals surface area contributed by atoms with Crippen LogP contribution in [0.25, 0.3) is 0 Å². The van der Waals surface area contributed by atoms with Gasteiger partial charge in [0.15, 0.2) is 0 Å². The molecule has 3 rings (SSSR count). The summed E-state index contributed by atoms with van der Waals surface area (Å²) in [5, 5.41) is 3.81. The van der Waals surface area contributed by atoms with Gasteiger partial charge in [0.05, 0.1) is 22.3 Å². The summed E-state index contributed by atoms with van der Waals surface area (Å²) in [6, 6.07) is 4.88. The predicted molar refractivity (Wildman–Crippen MR) is 101 cm³/mol. The summed E-state index contributed by atoms with van der Waals surface area (Å²) in [4.78, 5) is 24.9. The molecule has 0 unspecified atom stereocenters. The zero-order valence-corrected chi connectivity index (χ0v) is 15.5. The SMILES string of the molecule is O=C(CN1CCN(c2ncccn2)CC1)Nc1c(Cl)cc(Cl)cc1Cl. The second-order valence-corrected chi connectivity index (χ2v) is 6.86. The smallest absolute Gasteiger partial charge is 0.238 e. The number of nitrogens with zero attached hydrogens (tertiary/aromatic N) is 4. The molecular weight excluding hydrogens is 385 g/mol. The number of hydrogen-bond acceptors (Lipinski definition) is 5. The molecule has 0 spiro atoms. The lowest BCUT2D eigenvalue weighted by molar-refractivity contribution is -0.117. The molecule has 1 fully saturated rings.